The molecule has 1 aliphatic rings. The number of halogens is 3. The summed E-state index contributed by atoms with van der Waals surface area (Å²) in [5.74, 6) is -0.630. The highest BCUT2D eigenvalue weighted by molar-refractivity contribution is 6.30. The van der Waals surface area contributed by atoms with Crippen molar-refractivity contribution in [3.8, 4) is 0 Å². The molecular formula is C12H15Cl2FN2O. The fourth-order valence-electron chi connectivity index (χ4n) is 1.94. The molecule has 1 atom stereocenters. The highest BCUT2D eigenvalue weighted by atomic mass is 35.5. The lowest BCUT2D eigenvalue weighted by Crippen LogP contribution is -2.27. The molecule has 1 heterocycles. The maximum atomic E-state index is 13.1. The molecule has 1 aliphatic heterocycles. The summed E-state index contributed by atoms with van der Waals surface area (Å²) < 4.78 is 13.1. The number of carbonyl (C=O) groups excluding carboxylic acids is 1. The number of rotatable bonds is 3. The Morgan fingerprint density at radius 3 is 2.94 bits per heavy atom. The van der Waals surface area contributed by atoms with Crippen LogP contribution in [-0.4, -0.2) is 18.5 Å². The van der Waals surface area contributed by atoms with Gasteiger partial charge in [0.1, 0.15) is 5.82 Å². The lowest BCUT2D eigenvalue weighted by molar-refractivity contribution is -0.116. The average molecular weight is 293 g/mol. The number of nitrogens with one attached hydrogen (secondary N) is 2. The first-order chi connectivity index (χ1) is 8.15. The van der Waals surface area contributed by atoms with E-state index in [0.717, 1.165) is 19.4 Å². The predicted octanol–water partition coefficient (Wildman–Crippen LogP) is 2.98. The van der Waals surface area contributed by atoms with Gasteiger partial charge in [-0.1, -0.05) is 11.6 Å². The van der Waals surface area contributed by atoms with Gasteiger partial charge in [-0.2, -0.15) is 0 Å². The summed E-state index contributed by atoms with van der Waals surface area (Å²) in [6, 6.07) is 4.49. The van der Waals surface area contributed by atoms with Gasteiger partial charge in [0.25, 0.3) is 0 Å². The van der Waals surface area contributed by atoms with E-state index in [0.29, 0.717) is 12.1 Å². The molecule has 1 unspecified atom stereocenters. The molecule has 18 heavy (non-hydrogen) atoms. The summed E-state index contributed by atoms with van der Waals surface area (Å²) in [4.78, 5) is 11.7. The van der Waals surface area contributed by atoms with Crippen molar-refractivity contribution in [2.75, 3.05) is 11.9 Å². The molecule has 0 saturated carbocycles. The van der Waals surface area contributed by atoms with Crippen molar-refractivity contribution in [1.82, 2.24) is 5.32 Å². The Labute approximate surface area is 116 Å². The SMILES string of the molecule is Cl.O=C(CC1CCCN1)Nc1ccc(Cl)c(F)c1. The van der Waals surface area contributed by atoms with E-state index in [2.05, 4.69) is 10.6 Å². The standard InChI is InChI=1S/C12H14ClFN2O.ClH/c13-10-4-3-9(6-11(10)14)16-12(17)7-8-2-1-5-15-8;/h3-4,6,8,15H,1-2,5,7H2,(H,16,17);1H. The van der Waals surface area contributed by atoms with E-state index in [-0.39, 0.29) is 29.4 Å². The van der Waals surface area contributed by atoms with Crippen molar-refractivity contribution < 1.29 is 9.18 Å². The van der Waals surface area contributed by atoms with Gasteiger partial charge < -0.3 is 10.6 Å². The van der Waals surface area contributed by atoms with E-state index >= 15 is 0 Å². The maximum Gasteiger partial charge on any atom is 0.225 e. The second-order valence-electron chi connectivity index (χ2n) is 4.17. The van der Waals surface area contributed by atoms with E-state index in [9.17, 15) is 9.18 Å². The number of benzene rings is 1. The molecule has 1 fully saturated rings. The number of amides is 1. The van der Waals surface area contributed by atoms with Crippen molar-refractivity contribution in [2.45, 2.75) is 25.3 Å². The normalized spacial score (nSPS) is 18.2. The van der Waals surface area contributed by atoms with Gasteiger partial charge in [-0.15, -0.1) is 12.4 Å². The molecule has 100 valence electrons. The van der Waals surface area contributed by atoms with Gasteiger partial charge in [0, 0.05) is 18.2 Å². The largest absolute Gasteiger partial charge is 0.326 e. The third-order valence-electron chi connectivity index (χ3n) is 2.80. The fourth-order valence-corrected chi connectivity index (χ4v) is 2.06. The zero-order valence-electron chi connectivity index (χ0n) is 9.71. The molecule has 0 radical (unpaired) electrons. The Morgan fingerprint density at radius 2 is 2.33 bits per heavy atom. The number of carbonyl (C=O) groups is 1. The Balaban J connectivity index is 0.00000162. The Bertz CT molecular complexity index is 423. The minimum absolute atomic E-state index is 0. The third kappa shape index (κ3) is 4.12. The van der Waals surface area contributed by atoms with Crippen LogP contribution in [0, 0.1) is 5.82 Å². The second-order valence-corrected chi connectivity index (χ2v) is 4.58. The second kappa shape index (κ2) is 6.92. The molecule has 2 N–H and O–H groups in total. The molecule has 1 saturated heterocycles. The summed E-state index contributed by atoms with van der Waals surface area (Å²) >= 11 is 5.56. The Kier molecular flexibility index (Phi) is 5.85. The van der Waals surface area contributed by atoms with E-state index in [1.54, 1.807) is 6.07 Å². The molecule has 1 aromatic carbocycles. The zero-order chi connectivity index (χ0) is 12.3. The van der Waals surface area contributed by atoms with Crippen molar-refractivity contribution in [2.24, 2.45) is 0 Å². The van der Waals surface area contributed by atoms with Crippen molar-refractivity contribution in [1.29, 1.82) is 0 Å². The van der Waals surface area contributed by atoms with Crippen molar-refractivity contribution in [3.05, 3.63) is 29.0 Å². The van der Waals surface area contributed by atoms with Crippen LogP contribution in [0.1, 0.15) is 19.3 Å². The molecule has 2 rings (SSSR count). The minimum Gasteiger partial charge on any atom is -0.326 e. The quantitative estimate of drug-likeness (QED) is 0.899. The van der Waals surface area contributed by atoms with E-state index in [4.69, 9.17) is 11.6 Å². The molecule has 6 heteroatoms. The van der Waals surface area contributed by atoms with Gasteiger partial charge in [0.05, 0.1) is 5.02 Å². The first-order valence-electron chi connectivity index (χ1n) is 5.63. The van der Waals surface area contributed by atoms with Crippen LogP contribution >= 0.6 is 24.0 Å². The Hall–Kier alpha value is -0.840. The third-order valence-corrected chi connectivity index (χ3v) is 3.10. The Morgan fingerprint density at radius 1 is 1.56 bits per heavy atom. The van der Waals surface area contributed by atoms with Crippen LogP contribution in [0.2, 0.25) is 5.02 Å². The molecule has 0 spiro atoms. The molecule has 1 amide bonds. The first-order valence-corrected chi connectivity index (χ1v) is 6.01. The minimum atomic E-state index is -0.525. The molecule has 0 aromatic heterocycles. The van der Waals surface area contributed by atoms with E-state index < -0.39 is 5.82 Å². The van der Waals surface area contributed by atoms with Gasteiger partial charge in [-0.3, -0.25) is 4.79 Å². The molecule has 3 nitrogen and oxygen atoms in total. The lowest BCUT2D eigenvalue weighted by Gasteiger charge is -2.10. The highest BCUT2D eigenvalue weighted by Crippen LogP contribution is 2.19. The fraction of sp³-hybridized carbons (Fsp3) is 0.417. The van der Waals surface area contributed by atoms with Gasteiger partial charge in [0.2, 0.25) is 5.91 Å². The van der Waals surface area contributed by atoms with Crippen molar-refractivity contribution in [3.63, 3.8) is 0 Å². The average Bonchev–Trinajstić information content (AvgIpc) is 2.76. The molecular weight excluding hydrogens is 278 g/mol. The summed E-state index contributed by atoms with van der Waals surface area (Å²) in [5.41, 5.74) is 0.440. The predicted molar refractivity (Wildman–Crippen MR) is 72.9 cm³/mol. The van der Waals surface area contributed by atoms with Crippen LogP contribution in [-0.2, 0) is 4.79 Å². The van der Waals surface area contributed by atoms with E-state index in [1.807, 2.05) is 0 Å². The maximum absolute atomic E-state index is 13.1. The molecule has 0 bridgehead atoms. The van der Waals surface area contributed by atoms with Crippen LogP contribution in [0.4, 0.5) is 10.1 Å². The number of hydrogen-bond acceptors (Lipinski definition) is 2. The van der Waals surface area contributed by atoms with Gasteiger partial charge >= 0.3 is 0 Å². The summed E-state index contributed by atoms with van der Waals surface area (Å²) in [6.45, 7) is 0.966. The topological polar surface area (TPSA) is 41.1 Å². The highest BCUT2D eigenvalue weighted by Gasteiger charge is 2.17. The van der Waals surface area contributed by atoms with Crippen LogP contribution in [0.25, 0.3) is 0 Å². The van der Waals surface area contributed by atoms with Gasteiger partial charge in [0.15, 0.2) is 0 Å². The van der Waals surface area contributed by atoms with Crippen LogP contribution in [0.3, 0.4) is 0 Å². The van der Waals surface area contributed by atoms with Gasteiger partial charge in [-0.05, 0) is 37.6 Å². The number of hydrogen-bond donors (Lipinski definition) is 2. The van der Waals surface area contributed by atoms with Crippen LogP contribution in [0.15, 0.2) is 18.2 Å². The van der Waals surface area contributed by atoms with Crippen molar-refractivity contribution >= 4 is 35.6 Å². The molecule has 1 aromatic rings. The summed E-state index contributed by atoms with van der Waals surface area (Å²) in [7, 11) is 0. The smallest absolute Gasteiger partial charge is 0.225 e. The summed E-state index contributed by atoms with van der Waals surface area (Å²) in [5, 5.41) is 5.95. The van der Waals surface area contributed by atoms with Crippen LogP contribution in [0.5, 0.6) is 0 Å². The summed E-state index contributed by atoms with van der Waals surface area (Å²) in [6.07, 6.45) is 2.54. The van der Waals surface area contributed by atoms with Gasteiger partial charge in [-0.25, -0.2) is 4.39 Å². The zero-order valence-corrected chi connectivity index (χ0v) is 11.3. The van der Waals surface area contributed by atoms with Crippen LogP contribution < -0.4 is 10.6 Å². The number of anilines is 1. The molecule has 0 aliphatic carbocycles. The monoisotopic (exact) mass is 292 g/mol. The van der Waals surface area contributed by atoms with E-state index in [1.165, 1.54) is 12.1 Å². The first kappa shape index (κ1) is 15.2. The lowest BCUT2D eigenvalue weighted by atomic mass is 10.1.